The summed E-state index contributed by atoms with van der Waals surface area (Å²) in [6, 6.07) is 3.17. The highest BCUT2D eigenvalue weighted by molar-refractivity contribution is 5.90. The van der Waals surface area contributed by atoms with Crippen molar-refractivity contribution in [2.24, 2.45) is 5.92 Å². The summed E-state index contributed by atoms with van der Waals surface area (Å²) in [6.07, 6.45) is 6.78. The molecule has 1 aliphatic heterocycles. The van der Waals surface area contributed by atoms with E-state index in [0.29, 0.717) is 24.5 Å². The van der Waals surface area contributed by atoms with Crippen molar-refractivity contribution in [3.8, 4) is 5.75 Å². The lowest BCUT2D eigenvalue weighted by molar-refractivity contribution is -0.142. The molecule has 152 valence electrons. The SMILES string of the molecule is CC(NC(=O)CC1CCCCC1)C(=O)NC(C(=O)O)c1ccc2c(c1)CCO2. The first-order valence-corrected chi connectivity index (χ1v) is 10.0. The van der Waals surface area contributed by atoms with Crippen molar-refractivity contribution in [3.05, 3.63) is 29.3 Å². The van der Waals surface area contributed by atoms with E-state index < -0.39 is 24.0 Å². The molecule has 28 heavy (non-hydrogen) atoms. The van der Waals surface area contributed by atoms with Gasteiger partial charge in [-0.1, -0.05) is 25.3 Å². The van der Waals surface area contributed by atoms with Gasteiger partial charge in [-0.25, -0.2) is 4.79 Å². The Labute approximate surface area is 164 Å². The van der Waals surface area contributed by atoms with Crippen LogP contribution in [-0.2, 0) is 20.8 Å². The second-order valence-electron chi connectivity index (χ2n) is 7.74. The van der Waals surface area contributed by atoms with Crippen molar-refractivity contribution in [3.63, 3.8) is 0 Å². The number of benzene rings is 1. The van der Waals surface area contributed by atoms with Crippen LogP contribution in [0.2, 0.25) is 0 Å². The third-order valence-corrected chi connectivity index (χ3v) is 5.55. The number of ether oxygens (including phenoxy) is 1. The number of aliphatic carboxylic acids is 1. The topological polar surface area (TPSA) is 105 Å². The lowest BCUT2D eigenvalue weighted by Gasteiger charge is -2.23. The van der Waals surface area contributed by atoms with Crippen molar-refractivity contribution in [1.29, 1.82) is 0 Å². The van der Waals surface area contributed by atoms with E-state index in [1.165, 1.54) is 6.42 Å². The zero-order valence-electron chi connectivity index (χ0n) is 16.2. The van der Waals surface area contributed by atoms with E-state index in [1.807, 2.05) is 0 Å². The van der Waals surface area contributed by atoms with E-state index in [0.717, 1.165) is 43.4 Å². The number of fused-ring (bicyclic) bond motifs is 1. The van der Waals surface area contributed by atoms with Gasteiger partial charge >= 0.3 is 5.97 Å². The molecule has 0 saturated heterocycles. The summed E-state index contributed by atoms with van der Waals surface area (Å²) in [6.45, 7) is 2.15. The van der Waals surface area contributed by atoms with Gasteiger partial charge in [-0.15, -0.1) is 0 Å². The molecular formula is C21H28N2O5. The molecule has 7 nitrogen and oxygen atoms in total. The molecule has 2 amide bonds. The maximum atomic E-state index is 12.5. The molecule has 1 aromatic rings. The second kappa shape index (κ2) is 9.08. The van der Waals surface area contributed by atoms with Crippen molar-refractivity contribution < 1.29 is 24.2 Å². The Bertz CT molecular complexity index is 742. The Morgan fingerprint density at radius 3 is 2.64 bits per heavy atom. The van der Waals surface area contributed by atoms with Crippen LogP contribution in [-0.4, -0.2) is 35.5 Å². The van der Waals surface area contributed by atoms with Crippen LogP contribution in [0, 0.1) is 5.92 Å². The Kier molecular flexibility index (Phi) is 6.54. The fourth-order valence-electron chi connectivity index (χ4n) is 3.96. The van der Waals surface area contributed by atoms with Gasteiger partial charge in [0.15, 0.2) is 6.04 Å². The molecular weight excluding hydrogens is 360 g/mol. The maximum Gasteiger partial charge on any atom is 0.330 e. The zero-order chi connectivity index (χ0) is 20.1. The molecule has 2 atom stereocenters. The lowest BCUT2D eigenvalue weighted by atomic mass is 9.87. The van der Waals surface area contributed by atoms with Crippen molar-refractivity contribution >= 4 is 17.8 Å². The van der Waals surface area contributed by atoms with Crippen LogP contribution in [0.5, 0.6) is 5.75 Å². The third-order valence-electron chi connectivity index (χ3n) is 5.55. The summed E-state index contributed by atoms with van der Waals surface area (Å²) >= 11 is 0. The Hall–Kier alpha value is -2.57. The minimum Gasteiger partial charge on any atom is -0.493 e. The Balaban J connectivity index is 1.57. The van der Waals surface area contributed by atoms with Crippen molar-refractivity contribution in [2.75, 3.05) is 6.61 Å². The Morgan fingerprint density at radius 1 is 1.18 bits per heavy atom. The fraction of sp³-hybridized carbons (Fsp3) is 0.571. The first-order chi connectivity index (χ1) is 13.4. The van der Waals surface area contributed by atoms with Gasteiger partial charge in [-0.2, -0.15) is 0 Å². The largest absolute Gasteiger partial charge is 0.493 e. The van der Waals surface area contributed by atoms with Gasteiger partial charge in [0.25, 0.3) is 0 Å². The molecule has 0 aromatic heterocycles. The van der Waals surface area contributed by atoms with E-state index in [2.05, 4.69) is 10.6 Å². The van der Waals surface area contributed by atoms with Crippen LogP contribution in [0.1, 0.15) is 62.6 Å². The van der Waals surface area contributed by atoms with E-state index in [1.54, 1.807) is 25.1 Å². The van der Waals surface area contributed by atoms with Gasteiger partial charge in [0, 0.05) is 12.8 Å². The number of rotatable bonds is 7. The van der Waals surface area contributed by atoms with Crippen LogP contribution in [0.4, 0.5) is 0 Å². The quantitative estimate of drug-likeness (QED) is 0.665. The van der Waals surface area contributed by atoms with Gasteiger partial charge in [-0.05, 0) is 48.9 Å². The van der Waals surface area contributed by atoms with Crippen LogP contribution >= 0.6 is 0 Å². The maximum absolute atomic E-state index is 12.5. The molecule has 3 N–H and O–H groups in total. The molecule has 1 heterocycles. The molecule has 1 fully saturated rings. The first-order valence-electron chi connectivity index (χ1n) is 10.0. The van der Waals surface area contributed by atoms with E-state index in [-0.39, 0.29) is 5.91 Å². The third kappa shape index (κ3) is 5.03. The highest BCUT2D eigenvalue weighted by atomic mass is 16.5. The molecule has 0 radical (unpaired) electrons. The molecule has 1 aromatic carbocycles. The van der Waals surface area contributed by atoms with Gasteiger partial charge < -0.3 is 20.5 Å². The minimum atomic E-state index is -1.17. The molecule has 2 aliphatic rings. The van der Waals surface area contributed by atoms with Gasteiger partial charge in [0.1, 0.15) is 11.8 Å². The van der Waals surface area contributed by atoms with E-state index in [9.17, 15) is 19.5 Å². The minimum absolute atomic E-state index is 0.156. The molecule has 3 rings (SSSR count). The average Bonchev–Trinajstić information content (AvgIpc) is 3.14. The number of hydrogen-bond donors (Lipinski definition) is 3. The molecule has 7 heteroatoms. The van der Waals surface area contributed by atoms with Gasteiger partial charge in [0.05, 0.1) is 6.61 Å². The van der Waals surface area contributed by atoms with Crippen LogP contribution in [0.3, 0.4) is 0 Å². The smallest absolute Gasteiger partial charge is 0.330 e. The molecule has 1 saturated carbocycles. The van der Waals surface area contributed by atoms with E-state index in [4.69, 9.17) is 4.74 Å². The predicted molar refractivity (Wildman–Crippen MR) is 103 cm³/mol. The molecule has 2 unspecified atom stereocenters. The highest BCUT2D eigenvalue weighted by Gasteiger charge is 2.27. The summed E-state index contributed by atoms with van der Waals surface area (Å²) in [5.41, 5.74) is 1.43. The van der Waals surface area contributed by atoms with Crippen molar-refractivity contribution in [2.45, 2.75) is 64.0 Å². The van der Waals surface area contributed by atoms with Gasteiger partial charge in [-0.3, -0.25) is 9.59 Å². The summed E-state index contributed by atoms with van der Waals surface area (Å²) in [5.74, 6) is -0.683. The summed E-state index contributed by atoms with van der Waals surface area (Å²) in [4.78, 5) is 36.4. The Morgan fingerprint density at radius 2 is 1.93 bits per heavy atom. The van der Waals surface area contributed by atoms with E-state index >= 15 is 0 Å². The van der Waals surface area contributed by atoms with Crippen LogP contribution in [0.15, 0.2) is 18.2 Å². The summed E-state index contributed by atoms with van der Waals surface area (Å²) < 4.78 is 5.44. The van der Waals surface area contributed by atoms with Crippen LogP contribution < -0.4 is 15.4 Å². The molecule has 0 spiro atoms. The number of hydrogen-bond acceptors (Lipinski definition) is 4. The number of carbonyl (C=O) groups is 3. The number of carbonyl (C=O) groups excluding carboxylic acids is 2. The van der Waals surface area contributed by atoms with Gasteiger partial charge in [0.2, 0.25) is 11.8 Å². The molecule has 0 bridgehead atoms. The lowest BCUT2D eigenvalue weighted by Crippen LogP contribution is -2.47. The normalized spacial score (nSPS) is 18.5. The zero-order valence-corrected chi connectivity index (χ0v) is 16.2. The second-order valence-corrected chi connectivity index (χ2v) is 7.74. The molecule has 1 aliphatic carbocycles. The number of nitrogens with one attached hydrogen (secondary N) is 2. The number of amides is 2. The number of carboxylic acids is 1. The fourth-order valence-corrected chi connectivity index (χ4v) is 3.96. The van der Waals surface area contributed by atoms with Crippen LogP contribution in [0.25, 0.3) is 0 Å². The summed E-state index contributed by atoms with van der Waals surface area (Å²) in [7, 11) is 0. The number of carboxylic acid groups (broad SMARTS) is 1. The van der Waals surface area contributed by atoms with Crippen molar-refractivity contribution in [1.82, 2.24) is 10.6 Å². The first kappa shape index (κ1) is 20.2. The highest BCUT2D eigenvalue weighted by Crippen LogP contribution is 2.28. The summed E-state index contributed by atoms with van der Waals surface area (Å²) in [5, 5.41) is 14.8. The predicted octanol–water partition coefficient (Wildman–Crippen LogP) is 2.34. The monoisotopic (exact) mass is 388 g/mol. The standard InChI is InChI=1S/C21H28N2O5/c1-13(22-18(24)11-14-5-3-2-4-6-14)20(25)23-19(21(26)27)16-7-8-17-15(12-16)9-10-28-17/h7-8,12-14,19H,2-6,9-11H2,1H3,(H,22,24)(H,23,25)(H,26,27). The average molecular weight is 388 g/mol.